The van der Waals surface area contributed by atoms with Crippen LogP contribution in [-0.2, 0) is 11.2 Å². The van der Waals surface area contributed by atoms with E-state index in [1.54, 1.807) is 32.4 Å². The van der Waals surface area contributed by atoms with Crippen LogP contribution in [0.4, 0.5) is 0 Å². The Morgan fingerprint density at radius 2 is 2.16 bits per heavy atom. The van der Waals surface area contributed by atoms with Crippen LogP contribution in [0.5, 0.6) is 5.88 Å². The lowest BCUT2D eigenvalue weighted by atomic mass is 10.1. The second-order valence-corrected chi connectivity index (χ2v) is 5.93. The molecule has 134 valence electrons. The number of aryl methyl sites for hydroxylation is 1. The van der Waals surface area contributed by atoms with Gasteiger partial charge >= 0.3 is 0 Å². The number of rotatable bonds is 6. The minimum atomic E-state index is -0.00382. The number of methoxy groups -OCH3 is 1. The molecule has 1 saturated heterocycles. The third-order valence-electron chi connectivity index (χ3n) is 4.17. The lowest BCUT2D eigenvalue weighted by Gasteiger charge is -2.32. The van der Waals surface area contributed by atoms with Crippen LogP contribution in [-0.4, -0.2) is 58.8 Å². The van der Waals surface area contributed by atoms with Crippen LogP contribution in [0.25, 0.3) is 0 Å². The van der Waals surface area contributed by atoms with Gasteiger partial charge in [-0.05, 0) is 18.9 Å². The van der Waals surface area contributed by atoms with Crippen molar-refractivity contribution in [2.24, 2.45) is 0 Å². The van der Waals surface area contributed by atoms with E-state index in [9.17, 15) is 4.79 Å². The zero-order valence-electron chi connectivity index (χ0n) is 14.5. The van der Waals surface area contributed by atoms with Gasteiger partial charge in [0.2, 0.25) is 11.8 Å². The summed E-state index contributed by atoms with van der Waals surface area (Å²) in [6.45, 7) is 3.68. The maximum absolute atomic E-state index is 12.5. The first-order chi connectivity index (χ1) is 12.2. The van der Waals surface area contributed by atoms with Crippen LogP contribution in [0, 0.1) is 6.92 Å². The van der Waals surface area contributed by atoms with Crippen LogP contribution < -0.4 is 4.74 Å². The fourth-order valence-electron chi connectivity index (χ4n) is 2.80. The van der Waals surface area contributed by atoms with Gasteiger partial charge in [-0.15, -0.1) is 0 Å². The Hall–Kier alpha value is -2.48. The van der Waals surface area contributed by atoms with Crippen molar-refractivity contribution in [1.29, 1.82) is 0 Å². The summed E-state index contributed by atoms with van der Waals surface area (Å²) in [6, 6.07) is 3.44. The SMILES string of the molecule is COc1ccc(C(=O)N2CCC(OCCc3noc(C)n3)CC2)cn1. The second-order valence-electron chi connectivity index (χ2n) is 5.93. The van der Waals surface area contributed by atoms with Crippen molar-refractivity contribution in [3.05, 3.63) is 35.6 Å². The molecule has 1 fully saturated rings. The molecular weight excluding hydrogens is 324 g/mol. The second kappa shape index (κ2) is 8.06. The predicted octanol–water partition coefficient (Wildman–Crippen LogP) is 1.65. The maximum atomic E-state index is 12.5. The molecule has 0 saturated carbocycles. The van der Waals surface area contributed by atoms with E-state index in [1.165, 1.54) is 0 Å². The molecule has 0 unspecified atom stereocenters. The van der Waals surface area contributed by atoms with Crippen molar-refractivity contribution in [3.63, 3.8) is 0 Å². The molecule has 1 aliphatic rings. The molecule has 0 bridgehead atoms. The van der Waals surface area contributed by atoms with Gasteiger partial charge in [-0.25, -0.2) is 4.98 Å². The Balaban J connectivity index is 1.42. The molecule has 3 rings (SSSR count). The Bertz CT molecular complexity index is 693. The standard InChI is InChI=1S/C17H22N4O4/c1-12-19-15(20-25-12)7-10-24-14-5-8-21(9-6-14)17(22)13-3-4-16(23-2)18-11-13/h3-4,11,14H,5-10H2,1-2H3. The van der Waals surface area contributed by atoms with Crippen molar-refractivity contribution < 1.29 is 18.8 Å². The normalized spacial score (nSPS) is 15.4. The Morgan fingerprint density at radius 3 is 2.76 bits per heavy atom. The summed E-state index contributed by atoms with van der Waals surface area (Å²) in [5, 5.41) is 3.85. The van der Waals surface area contributed by atoms with Crippen LogP contribution in [0.3, 0.4) is 0 Å². The van der Waals surface area contributed by atoms with Gasteiger partial charge in [-0.1, -0.05) is 5.16 Å². The highest BCUT2D eigenvalue weighted by Gasteiger charge is 2.24. The molecule has 0 radical (unpaired) electrons. The minimum Gasteiger partial charge on any atom is -0.481 e. The van der Waals surface area contributed by atoms with E-state index in [0.717, 1.165) is 12.8 Å². The molecule has 25 heavy (non-hydrogen) atoms. The van der Waals surface area contributed by atoms with E-state index in [1.807, 2.05) is 4.90 Å². The molecule has 3 heterocycles. The molecular formula is C17H22N4O4. The lowest BCUT2D eigenvalue weighted by Crippen LogP contribution is -2.41. The fraction of sp³-hybridized carbons (Fsp3) is 0.529. The summed E-state index contributed by atoms with van der Waals surface area (Å²) in [5.41, 5.74) is 0.577. The summed E-state index contributed by atoms with van der Waals surface area (Å²) >= 11 is 0. The van der Waals surface area contributed by atoms with Crippen LogP contribution >= 0.6 is 0 Å². The minimum absolute atomic E-state index is 0.00382. The van der Waals surface area contributed by atoms with Gasteiger partial charge in [0.1, 0.15) is 0 Å². The molecule has 2 aromatic rings. The Kier molecular flexibility index (Phi) is 5.60. The van der Waals surface area contributed by atoms with Gasteiger partial charge in [-0.3, -0.25) is 4.79 Å². The zero-order valence-corrected chi connectivity index (χ0v) is 14.5. The summed E-state index contributed by atoms with van der Waals surface area (Å²) < 4.78 is 15.8. The third-order valence-corrected chi connectivity index (χ3v) is 4.17. The molecule has 1 aliphatic heterocycles. The molecule has 0 aromatic carbocycles. The van der Waals surface area contributed by atoms with Crippen LogP contribution in [0.15, 0.2) is 22.9 Å². The number of amides is 1. The summed E-state index contributed by atoms with van der Waals surface area (Å²) in [4.78, 5) is 22.6. The number of nitrogens with zero attached hydrogens (tertiary/aromatic N) is 4. The van der Waals surface area contributed by atoms with E-state index in [2.05, 4.69) is 15.1 Å². The predicted molar refractivity (Wildman–Crippen MR) is 88.4 cm³/mol. The number of ether oxygens (including phenoxy) is 2. The molecule has 2 aromatic heterocycles. The lowest BCUT2D eigenvalue weighted by molar-refractivity contribution is 0.00946. The average molecular weight is 346 g/mol. The zero-order chi connectivity index (χ0) is 17.6. The highest BCUT2D eigenvalue weighted by atomic mass is 16.5. The number of likely N-dealkylation sites (tertiary alicyclic amines) is 1. The first kappa shape index (κ1) is 17.3. The van der Waals surface area contributed by atoms with E-state index >= 15 is 0 Å². The molecule has 0 atom stereocenters. The van der Waals surface area contributed by atoms with Gasteiger partial charge in [-0.2, -0.15) is 4.98 Å². The molecule has 8 heteroatoms. The third kappa shape index (κ3) is 4.54. The highest BCUT2D eigenvalue weighted by molar-refractivity contribution is 5.94. The number of hydrogen-bond donors (Lipinski definition) is 0. The summed E-state index contributed by atoms with van der Waals surface area (Å²) in [6.07, 6.45) is 3.98. The van der Waals surface area contributed by atoms with Gasteiger partial charge in [0.05, 0.1) is 25.4 Å². The number of carbonyl (C=O) groups excluding carboxylic acids is 1. The first-order valence-corrected chi connectivity index (χ1v) is 8.36. The number of aromatic nitrogens is 3. The number of piperidine rings is 1. The fourth-order valence-corrected chi connectivity index (χ4v) is 2.80. The molecule has 0 spiro atoms. The number of hydrogen-bond acceptors (Lipinski definition) is 7. The van der Waals surface area contributed by atoms with Crippen molar-refractivity contribution in [2.75, 3.05) is 26.8 Å². The Morgan fingerprint density at radius 1 is 1.36 bits per heavy atom. The van der Waals surface area contributed by atoms with Crippen molar-refractivity contribution in [3.8, 4) is 5.88 Å². The smallest absolute Gasteiger partial charge is 0.255 e. The van der Waals surface area contributed by atoms with E-state index in [4.69, 9.17) is 14.0 Å². The molecule has 0 N–H and O–H groups in total. The largest absolute Gasteiger partial charge is 0.481 e. The quantitative estimate of drug-likeness (QED) is 0.785. The number of carbonyl (C=O) groups is 1. The van der Waals surface area contributed by atoms with E-state index in [-0.39, 0.29) is 12.0 Å². The van der Waals surface area contributed by atoms with Crippen molar-refractivity contribution in [1.82, 2.24) is 20.0 Å². The first-order valence-electron chi connectivity index (χ1n) is 8.36. The van der Waals surface area contributed by atoms with Gasteiger partial charge in [0.25, 0.3) is 5.91 Å². The van der Waals surface area contributed by atoms with Gasteiger partial charge in [0.15, 0.2) is 5.82 Å². The van der Waals surface area contributed by atoms with Crippen molar-refractivity contribution in [2.45, 2.75) is 32.3 Å². The monoisotopic (exact) mass is 346 g/mol. The van der Waals surface area contributed by atoms with E-state index in [0.29, 0.717) is 49.3 Å². The van der Waals surface area contributed by atoms with Crippen LogP contribution in [0.1, 0.15) is 34.9 Å². The Labute approximate surface area is 146 Å². The summed E-state index contributed by atoms with van der Waals surface area (Å²) in [7, 11) is 1.55. The number of pyridine rings is 1. The molecule has 8 nitrogen and oxygen atoms in total. The topological polar surface area (TPSA) is 90.6 Å². The van der Waals surface area contributed by atoms with Gasteiger partial charge < -0.3 is 18.9 Å². The summed E-state index contributed by atoms with van der Waals surface area (Å²) in [5.74, 6) is 1.73. The molecule has 1 amide bonds. The van der Waals surface area contributed by atoms with Crippen LogP contribution in [0.2, 0.25) is 0 Å². The van der Waals surface area contributed by atoms with Crippen molar-refractivity contribution >= 4 is 5.91 Å². The van der Waals surface area contributed by atoms with E-state index < -0.39 is 0 Å². The van der Waals surface area contributed by atoms with Gasteiger partial charge in [0, 0.05) is 38.7 Å². The highest BCUT2D eigenvalue weighted by Crippen LogP contribution is 2.17. The maximum Gasteiger partial charge on any atom is 0.255 e. The molecule has 0 aliphatic carbocycles. The average Bonchev–Trinajstić information content (AvgIpc) is 3.07.